The van der Waals surface area contributed by atoms with Crippen LogP contribution < -0.4 is 11.5 Å². The average Bonchev–Trinajstić information content (AvgIpc) is 1.98. The third-order valence-electron chi connectivity index (χ3n) is 2.46. The minimum absolute atomic E-state index is 0.187. The molecule has 0 aromatic rings. The Morgan fingerprint density at radius 1 is 1.23 bits per heavy atom. The van der Waals surface area contributed by atoms with Crippen LogP contribution in [0.4, 0.5) is 0 Å². The Bertz CT molecular complexity index is 130. The summed E-state index contributed by atoms with van der Waals surface area (Å²) in [5.74, 6) is 0.768. The van der Waals surface area contributed by atoms with E-state index in [2.05, 4.69) is 27.7 Å². The molecule has 0 bridgehead atoms. The fourth-order valence-electron chi connectivity index (χ4n) is 1.90. The van der Waals surface area contributed by atoms with Gasteiger partial charge in [-0.1, -0.05) is 27.7 Å². The second-order valence-electron chi connectivity index (χ2n) is 5.30. The van der Waals surface area contributed by atoms with Crippen molar-refractivity contribution in [2.45, 2.75) is 53.0 Å². The van der Waals surface area contributed by atoms with Gasteiger partial charge in [-0.3, -0.25) is 0 Å². The molecule has 2 heteroatoms. The SMILES string of the molecule is CC(C)CC(C)(C)CCC(N)CN. The first-order valence-corrected chi connectivity index (χ1v) is 5.33. The normalized spacial score (nSPS) is 15.0. The zero-order chi connectivity index (χ0) is 10.5. The van der Waals surface area contributed by atoms with Crippen molar-refractivity contribution in [1.82, 2.24) is 0 Å². The quantitative estimate of drug-likeness (QED) is 0.667. The first-order chi connectivity index (χ1) is 5.87. The smallest absolute Gasteiger partial charge is 0.0163 e. The first-order valence-electron chi connectivity index (χ1n) is 5.33. The van der Waals surface area contributed by atoms with Gasteiger partial charge in [-0.2, -0.15) is 0 Å². The van der Waals surface area contributed by atoms with E-state index in [1.165, 1.54) is 12.8 Å². The third-order valence-corrected chi connectivity index (χ3v) is 2.46. The summed E-state index contributed by atoms with van der Waals surface area (Å²) in [6.07, 6.45) is 3.50. The lowest BCUT2D eigenvalue weighted by atomic mass is 9.79. The molecule has 0 fully saturated rings. The highest BCUT2D eigenvalue weighted by molar-refractivity contribution is 4.73. The Kier molecular flexibility index (Phi) is 5.57. The molecule has 0 aromatic carbocycles. The van der Waals surface area contributed by atoms with Gasteiger partial charge in [0.2, 0.25) is 0 Å². The predicted octanol–water partition coefficient (Wildman–Crippen LogP) is 2.12. The van der Waals surface area contributed by atoms with Gasteiger partial charge in [0.1, 0.15) is 0 Å². The number of rotatable bonds is 6. The Hall–Kier alpha value is -0.0800. The molecule has 2 nitrogen and oxygen atoms in total. The molecule has 0 rings (SSSR count). The Balaban J connectivity index is 3.74. The zero-order valence-electron chi connectivity index (χ0n) is 9.64. The van der Waals surface area contributed by atoms with E-state index in [1.54, 1.807) is 0 Å². The Morgan fingerprint density at radius 3 is 2.15 bits per heavy atom. The molecule has 0 aromatic heterocycles. The molecule has 0 spiro atoms. The topological polar surface area (TPSA) is 52.0 Å². The fraction of sp³-hybridized carbons (Fsp3) is 1.00. The van der Waals surface area contributed by atoms with Crippen molar-refractivity contribution in [2.75, 3.05) is 6.54 Å². The molecule has 0 aliphatic rings. The molecule has 0 saturated carbocycles. The van der Waals surface area contributed by atoms with Gasteiger partial charge in [0, 0.05) is 12.6 Å². The molecule has 80 valence electrons. The zero-order valence-corrected chi connectivity index (χ0v) is 9.64. The van der Waals surface area contributed by atoms with Gasteiger partial charge < -0.3 is 11.5 Å². The molecule has 0 radical (unpaired) electrons. The summed E-state index contributed by atoms with van der Waals surface area (Å²) in [5.41, 5.74) is 11.7. The second kappa shape index (κ2) is 5.61. The predicted molar refractivity (Wildman–Crippen MR) is 59.5 cm³/mol. The van der Waals surface area contributed by atoms with Crippen LogP contribution in [0.3, 0.4) is 0 Å². The van der Waals surface area contributed by atoms with Gasteiger partial charge >= 0.3 is 0 Å². The standard InChI is InChI=1S/C11H26N2/c1-9(2)7-11(3,4)6-5-10(13)8-12/h9-10H,5-8,12-13H2,1-4H3. The summed E-state index contributed by atoms with van der Waals surface area (Å²) in [4.78, 5) is 0. The second-order valence-corrected chi connectivity index (χ2v) is 5.30. The number of nitrogens with two attached hydrogens (primary N) is 2. The van der Waals surface area contributed by atoms with E-state index < -0.39 is 0 Å². The van der Waals surface area contributed by atoms with E-state index in [9.17, 15) is 0 Å². The maximum atomic E-state index is 5.79. The number of hydrogen-bond donors (Lipinski definition) is 2. The largest absolute Gasteiger partial charge is 0.329 e. The van der Waals surface area contributed by atoms with Crippen molar-refractivity contribution in [3.63, 3.8) is 0 Å². The van der Waals surface area contributed by atoms with Crippen LogP contribution in [0, 0.1) is 11.3 Å². The first kappa shape index (κ1) is 12.9. The molecule has 4 N–H and O–H groups in total. The van der Waals surface area contributed by atoms with Crippen LogP contribution in [0.2, 0.25) is 0 Å². The van der Waals surface area contributed by atoms with E-state index in [0.29, 0.717) is 12.0 Å². The van der Waals surface area contributed by atoms with E-state index in [4.69, 9.17) is 11.5 Å². The van der Waals surface area contributed by atoms with Crippen molar-refractivity contribution < 1.29 is 0 Å². The summed E-state index contributed by atoms with van der Waals surface area (Å²) in [7, 11) is 0. The van der Waals surface area contributed by atoms with Crippen LogP contribution in [0.15, 0.2) is 0 Å². The minimum Gasteiger partial charge on any atom is -0.329 e. The van der Waals surface area contributed by atoms with Gasteiger partial charge in [-0.25, -0.2) is 0 Å². The molecule has 1 unspecified atom stereocenters. The van der Waals surface area contributed by atoms with Crippen molar-refractivity contribution in [2.24, 2.45) is 22.8 Å². The number of hydrogen-bond acceptors (Lipinski definition) is 2. The highest BCUT2D eigenvalue weighted by Gasteiger charge is 2.19. The van der Waals surface area contributed by atoms with Gasteiger partial charge in [-0.15, -0.1) is 0 Å². The molecular weight excluding hydrogens is 160 g/mol. The van der Waals surface area contributed by atoms with Crippen LogP contribution in [0.5, 0.6) is 0 Å². The van der Waals surface area contributed by atoms with Crippen molar-refractivity contribution in [3.05, 3.63) is 0 Å². The van der Waals surface area contributed by atoms with Crippen LogP contribution in [0.25, 0.3) is 0 Å². The van der Waals surface area contributed by atoms with Crippen LogP contribution >= 0.6 is 0 Å². The molecular formula is C11H26N2. The average molecular weight is 186 g/mol. The fourth-order valence-corrected chi connectivity index (χ4v) is 1.90. The summed E-state index contributed by atoms with van der Waals surface area (Å²) in [6, 6.07) is 0.187. The van der Waals surface area contributed by atoms with Crippen molar-refractivity contribution in [1.29, 1.82) is 0 Å². The van der Waals surface area contributed by atoms with E-state index in [-0.39, 0.29) is 6.04 Å². The monoisotopic (exact) mass is 186 g/mol. The highest BCUT2D eigenvalue weighted by Crippen LogP contribution is 2.30. The molecule has 0 saturated heterocycles. The maximum absolute atomic E-state index is 5.79. The summed E-state index contributed by atoms with van der Waals surface area (Å²) in [6.45, 7) is 9.78. The highest BCUT2D eigenvalue weighted by atomic mass is 14.7. The van der Waals surface area contributed by atoms with Crippen LogP contribution in [-0.2, 0) is 0 Å². The Morgan fingerprint density at radius 2 is 1.77 bits per heavy atom. The van der Waals surface area contributed by atoms with E-state index >= 15 is 0 Å². The molecule has 0 heterocycles. The lowest BCUT2D eigenvalue weighted by molar-refractivity contribution is 0.252. The molecule has 0 aliphatic heterocycles. The van der Waals surface area contributed by atoms with Crippen LogP contribution in [-0.4, -0.2) is 12.6 Å². The lowest BCUT2D eigenvalue weighted by Gasteiger charge is -2.27. The third kappa shape index (κ3) is 7.03. The van der Waals surface area contributed by atoms with Gasteiger partial charge in [0.05, 0.1) is 0 Å². The molecule has 0 aliphatic carbocycles. The summed E-state index contributed by atoms with van der Waals surface area (Å²) in [5, 5.41) is 0. The summed E-state index contributed by atoms with van der Waals surface area (Å²) < 4.78 is 0. The van der Waals surface area contributed by atoms with Gasteiger partial charge in [0.15, 0.2) is 0 Å². The van der Waals surface area contributed by atoms with E-state index in [1.807, 2.05) is 0 Å². The molecule has 13 heavy (non-hydrogen) atoms. The lowest BCUT2D eigenvalue weighted by Crippen LogP contribution is -2.31. The summed E-state index contributed by atoms with van der Waals surface area (Å²) >= 11 is 0. The molecule has 1 atom stereocenters. The Labute approximate surface area is 83.1 Å². The molecule has 0 amide bonds. The van der Waals surface area contributed by atoms with Crippen molar-refractivity contribution in [3.8, 4) is 0 Å². The van der Waals surface area contributed by atoms with Crippen LogP contribution in [0.1, 0.15) is 47.0 Å². The van der Waals surface area contributed by atoms with E-state index in [0.717, 1.165) is 12.3 Å². The van der Waals surface area contributed by atoms with Crippen molar-refractivity contribution >= 4 is 0 Å². The minimum atomic E-state index is 0.187. The van der Waals surface area contributed by atoms with Gasteiger partial charge in [-0.05, 0) is 30.6 Å². The maximum Gasteiger partial charge on any atom is 0.0163 e. The van der Waals surface area contributed by atoms with Gasteiger partial charge in [0.25, 0.3) is 0 Å².